The smallest absolute Gasteiger partial charge is 0.347 e. The fourth-order valence-electron chi connectivity index (χ4n) is 5.48. The lowest BCUT2D eigenvalue weighted by atomic mass is 9.81. The summed E-state index contributed by atoms with van der Waals surface area (Å²) in [5.41, 5.74) is 0.544. The Balaban J connectivity index is 1.36. The maximum Gasteiger partial charge on any atom is 0.390 e. The van der Waals surface area contributed by atoms with Crippen LogP contribution in [0.5, 0.6) is 0 Å². The molecule has 0 radical (unpaired) electrons. The molecule has 2 N–H and O–H groups in total. The summed E-state index contributed by atoms with van der Waals surface area (Å²) in [4.78, 5) is 34.5. The van der Waals surface area contributed by atoms with E-state index in [1.54, 1.807) is 18.5 Å². The molecule has 2 amide bonds. The Labute approximate surface area is 251 Å². The van der Waals surface area contributed by atoms with Crippen molar-refractivity contribution in [2.24, 2.45) is 11.8 Å². The Morgan fingerprint density at radius 3 is 2.13 bits per heavy atom. The van der Waals surface area contributed by atoms with Gasteiger partial charge in [0.05, 0.1) is 36.3 Å². The van der Waals surface area contributed by atoms with Gasteiger partial charge in [0.2, 0.25) is 17.6 Å². The molecular formula is C28H31F8N7O2. The number of rotatable bonds is 11. The van der Waals surface area contributed by atoms with Crippen molar-refractivity contribution < 1.29 is 44.7 Å². The van der Waals surface area contributed by atoms with E-state index in [4.69, 9.17) is 0 Å². The Morgan fingerprint density at radius 1 is 0.867 bits per heavy atom. The minimum atomic E-state index is -4.47. The normalized spacial score (nSPS) is 18.9. The summed E-state index contributed by atoms with van der Waals surface area (Å²) < 4.78 is 106. The van der Waals surface area contributed by atoms with E-state index in [2.05, 4.69) is 25.7 Å². The van der Waals surface area contributed by atoms with E-state index in [1.165, 1.54) is 16.7 Å². The molecule has 45 heavy (non-hydrogen) atoms. The van der Waals surface area contributed by atoms with E-state index in [0.717, 1.165) is 17.5 Å². The predicted octanol–water partition coefficient (Wildman–Crippen LogP) is 6.08. The Bertz CT molecular complexity index is 1500. The number of nitrogens with zero attached hydrogens (tertiary/aromatic N) is 5. The number of imidazole rings is 1. The van der Waals surface area contributed by atoms with Gasteiger partial charge in [0.1, 0.15) is 5.69 Å². The van der Waals surface area contributed by atoms with Gasteiger partial charge in [0.25, 0.3) is 5.91 Å². The second-order valence-corrected chi connectivity index (χ2v) is 11.7. The number of carbonyl (C=O) groups excluding carboxylic acids is 2. The van der Waals surface area contributed by atoms with Crippen molar-refractivity contribution in [1.29, 1.82) is 0 Å². The summed E-state index contributed by atoms with van der Waals surface area (Å²) in [6.45, 7) is -0.483. The van der Waals surface area contributed by atoms with Gasteiger partial charge in [0, 0.05) is 44.4 Å². The molecule has 1 unspecified atom stereocenters. The minimum absolute atomic E-state index is 0.00361. The molecular weight excluding hydrogens is 618 g/mol. The monoisotopic (exact) mass is 649 g/mol. The lowest BCUT2D eigenvalue weighted by Gasteiger charge is -2.33. The van der Waals surface area contributed by atoms with Crippen LogP contribution in [0.2, 0.25) is 0 Å². The summed E-state index contributed by atoms with van der Waals surface area (Å²) in [6.07, 6.45) is -6.73. The van der Waals surface area contributed by atoms with Crippen LogP contribution in [0.3, 0.4) is 0 Å². The van der Waals surface area contributed by atoms with E-state index in [-0.39, 0.29) is 30.2 Å². The molecule has 3 aromatic rings. The lowest BCUT2D eigenvalue weighted by molar-refractivity contribution is -0.144. The summed E-state index contributed by atoms with van der Waals surface area (Å²) >= 11 is 0. The molecule has 5 rings (SSSR count). The third-order valence-corrected chi connectivity index (χ3v) is 8.07. The highest BCUT2D eigenvalue weighted by Gasteiger charge is 2.40. The van der Waals surface area contributed by atoms with Crippen LogP contribution in [-0.2, 0) is 11.3 Å². The average molecular weight is 650 g/mol. The number of hydrogen-bond donors (Lipinski definition) is 2. The molecule has 9 nitrogen and oxygen atoms in total. The van der Waals surface area contributed by atoms with Gasteiger partial charge in [-0.2, -0.15) is 31.4 Å². The van der Waals surface area contributed by atoms with Crippen molar-refractivity contribution in [2.75, 3.05) is 0 Å². The van der Waals surface area contributed by atoms with Crippen LogP contribution in [0, 0.1) is 11.8 Å². The molecule has 2 saturated carbocycles. The molecule has 2 aliphatic carbocycles. The number of hydrogen-bond acceptors (Lipinski definition) is 5. The highest BCUT2D eigenvalue weighted by molar-refractivity contribution is 5.92. The predicted molar refractivity (Wildman–Crippen MR) is 142 cm³/mol. The van der Waals surface area contributed by atoms with Gasteiger partial charge in [-0.3, -0.25) is 18.7 Å². The molecule has 2 aliphatic rings. The largest absolute Gasteiger partial charge is 0.390 e. The highest BCUT2D eigenvalue weighted by Crippen LogP contribution is 2.42. The first-order chi connectivity index (χ1) is 21.1. The van der Waals surface area contributed by atoms with E-state index in [1.807, 2.05) is 0 Å². The van der Waals surface area contributed by atoms with Gasteiger partial charge < -0.3 is 10.6 Å². The number of carbonyl (C=O) groups is 2. The number of fused-ring (bicyclic) bond motifs is 1. The van der Waals surface area contributed by atoms with Crippen LogP contribution in [0.4, 0.5) is 35.1 Å². The van der Waals surface area contributed by atoms with Crippen LogP contribution in [0.1, 0.15) is 91.7 Å². The average Bonchev–Trinajstić information content (AvgIpc) is 3.52. The number of alkyl halides is 8. The summed E-state index contributed by atoms with van der Waals surface area (Å²) in [7, 11) is 0. The first-order valence-electron chi connectivity index (χ1n) is 14.6. The molecule has 0 bridgehead atoms. The summed E-state index contributed by atoms with van der Waals surface area (Å²) in [5.74, 6) is -4.61. The summed E-state index contributed by atoms with van der Waals surface area (Å²) in [6, 6.07) is 1.38. The van der Waals surface area contributed by atoms with Crippen molar-refractivity contribution in [1.82, 2.24) is 34.8 Å². The zero-order chi connectivity index (χ0) is 32.6. The van der Waals surface area contributed by atoms with Crippen molar-refractivity contribution in [3.63, 3.8) is 0 Å². The number of halogens is 8. The quantitative estimate of drug-likeness (QED) is 0.245. The van der Waals surface area contributed by atoms with Gasteiger partial charge in [-0.05, 0) is 49.7 Å². The number of aromatic nitrogens is 5. The first kappa shape index (κ1) is 32.6. The van der Waals surface area contributed by atoms with E-state index in [9.17, 15) is 44.7 Å². The molecule has 0 aromatic carbocycles. The Kier molecular flexibility index (Phi) is 9.08. The lowest BCUT2D eigenvalue weighted by Crippen LogP contribution is -2.37. The first-order valence-corrected chi connectivity index (χ1v) is 14.6. The highest BCUT2D eigenvalue weighted by atomic mass is 19.4. The van der Waals surface area contributed by atoms with E-state index >= 15 is 0 Å². The topological polar surface area (TPSA) is 106 Å². The van der Waals surface area contributed by atoms with Gasteiger partial charge >= 0.3 is 12.4 Å². The SMILES string of the molecule is O=C(CCC(F)(F)F)NC(c1ccn2cc([C@@H](NC(=O)c3ccn(CCC(F)(F)F)n3)C3CCC(F)(F)CC3)nc2n1)C1CC1. The molecule has 2 fully saturated rings. The maximum atomic E-state index is 14.0. The zero-order valence-electron chi connectivity index (χ0n) is 23.8. The van der Waals surface area contributed by atoms with Gasteiger partial charge in [-0.15, -0.1) is 0 Å². The molecule has 3 aromatic heterocycles. The fourth-order valence-corrected chi connectivity index (χ4v) is 5.48. The number of nitrogens with one attached hydrogen (secondary N) is 2. The van der Waals surface area contributed by atoms with Gasteiger partial charge in [-0.1, -0.05) is 0 Å². The van der Waals surface area contributed by atoms with Crippen LogP contribution in [0.25, 0.3) is 5.78 Å². The maximum absolute atomic E-state index is 14.0. The van der Waals surface area contributed by atoms with Crippen molar-refractivity contribution >= 4 is 17.6 Å². The van der Waals surface area contributed by atoms with Crippen LogP contribution in [0.15, 0.2) is 30.7 Å². The molecule has 3 heterocycles. The molecule has 0 aliphatic heterocycles. The second-order valence-electron chi connectivity index (χ2n) is 11.7. The Hall–Kier alpha value is -3.79. The van der Waals surface area contributed by atoms with Crippen LogP contribution < -0.4 is 10.6 Å². The van der Waals surface area contributed by atoms with E-state index in [0.29, 0.717) is 11.4 Å². The fraction of sp³-hybridized carbons (Fsp3) is 0.607. The van der Waals surface area contributed by atoms with Crippen molar-refractivity contribution in [2.45, 2.75) is 94.7 Å². The van der Waals surface area contributed by atoms with E-state index < -0.39 is 86.7 Å². The zero-order valence-corrected chi connectivity index (χ0v) is 23.8. The number of aryl methyl sites for hydroxylation is 1. The van der Waals surface area contributed by atoms with Crippen molar-refractivity contribution in [3.05, 3.63) is 47.8 Å². The standard InChI is InChI=1S/C28H31F8N7O2/c29-26(30)8-3-17(4-9-26)23(40-24(45)19-7-13-43(41-19)14-11-28(34,35)36)20-15-42-12-6-18(37-25(42)38-20)22(16-1-2-16)39-21(44)5-10-27(31,32)33/h6-7,12-13,15-17,22-23H,1-5,8-11,14H2,(H,39,44)(H,40,45)/t22?,23-/m0/s1. The van der Waals surface area contributed by atoms with Crippen molar-refractivity contribution in [3.8, 4) is 0 Å². The minimum Gasteiger partial charge on any atom is -0.347 e. The molecule has 246 valence electrons. The molecule has 0 saturated heterocycles. The Morgan fingerprint density at radius 2 is 1.49 bits per heavy atom. The summed E-state index contributed by atoms with van der Waals surface area (Å²) in [5, 5.41) is 9.35. The molecule has 2 atom stereocenters. The van der Waals surface area contributed by atoms with Crippen LogP contribution >= 0.6 is 0 Å². The molecule has 17 heteroatoms. The number of amides is 2. The third-order valence-electron chi connectivity index (χ3n) is 8.07. The second kappa shape index (κ2) is 12.5. The molecule has 0 spiro atoms. The van der Waals surface area contributed by atoms with Gasteiger partial charge in [0.15, 0.2) is 0 Å². The van der Waals surface area contributed by atoms with Crippen LogP contribution in [-0.4, -0.2) is 54.2 Å². The van der Waals surface area contributed by atoms with Gasteiger partial charge in [-0.25, -0.2) is 18.7 Å². The third kappa shape index (κ3) is 8.90.